The van der Waals surface area contributed by atoms with Gasteiger partial charge in [-0.2, -0.15) is 0 Å². The molecule has 0 saturated heterocycles. The summed E-state index contributed by atoms with van der Waals surface area (Å²) in [5.41, 5.74) is 5.85. The van der Waals surface area contributed by atoms with E-state index in [4.69, 9.17) is 5.73 Å². The molecule has 1 amide bonds. The van der Waals surface area contributed by atoms with Crippen LogP contribution in [0.2, 0.25) is 0 Å². The molecule has 1 aliphatic carbocycles. The molecular weight excluding hydrogens is 216 g/mol. The first-order chi connectivity index (χ1) is 8.04. The van der Waals surface area contributed by atoms with Gasteiger partial charge in [0.2, 0.25) is 5.91 Å². The number of nitrogens with one attached hydrogen (secondary N) is 1. The zero-order valence-electron chi connectivity index (χ0n) is 11.0. The molecule has 3 unspecified atom stereocenters. The van der Waals surface area contributed by atoms with Crippen LogP contribution in [0.25, 0.3) is 0 Å². The van der Waals surface area contributed by atoms with Crippen LogP contribution >= 0.6 is 0 Å². The summed E-state index contributed by atoms with van der Waals surface area (Å²) in [6.45, 7) is 4.68. The number of aliphatic hydroxyl groups is 1. The van der Waals surface area contributed by atoms with Crippen molar-refractivity contribution in [1.82, 2.24) is 5.32 Å². The van der Waals surface area contributed by atoms with Crippen molar-refractivity contribution in [3.63, 3.8) is 0 Å². The zero-order chi connectivity index (χ0) is 12.8. The Morgan fingerprint density at radius 2 is 2.24 bits per heavy atom. The van der Waals surface area contributed by atoms with Crippen molar-refractivity contribution >= 4 is 5.91 Å². The molecule has 0 bridgehead atoms. The van der Waals surface area contributed by atoms with E-state index in [9.17, 15) is 9.90 Å². The molecule has 4 N–H and O–H groups in total. The Bertz CT molecular complexity index is 246. The number of nitrogens with two attached hydrogens (primary N) is 1. The summed E-state index contributed by atoms with van der Waals surface area (Å²) in [5.74, 6) is 0.568. The van der Waals surface area contributed by atoms with Gasteiger partial charge in [-0.15, -0.1) is 0 Å². The van der Waals surface area contributed by atoms with Crippen LogP contribution in [-0.4, -0.2) is 29.7 Å². The van der Waals surface area contributed by atoms with E-state index in [1.807, 2.05) is 13.8 Å². The van der Waals surface area contributed by atoms with Gasteiger partial charge in [-0.3, -0.25) is 4.79 Å². The Labute approximate surface area is 104 Å². The van der Waals surface area contributed by atoms with Crippen LogP contribution in [0, 0.1) is 11.8 Å². The normalized spacial score (nSPS) is 28.5. The van der Waals surface area contributed by atoms with Gasteiger partial charge < -0.3 is 16.2 Å². The summed E-state index contributed by atoms with van der Waals surface area (Å²) in [4.78, 5) is 11.8. The predicted molar refractivity (Wildman–Crippen MR) is 68.4 cm³/mol. The first kappa shape index (κ1) is 14.5. The minimum atomic E-state index is -0.409. The molecule has 0 aromatic rings. The lowest BCUT2D eigenvalue weighted by atomic mass is 9.87. The standard InChI is InChI=1S/C13H26N2O2/c1-3-9(2)12(14)13(17)15-8-10-5-4-6-11(16)7-10/h9-12,16H,3-8,14H2,1-2H3,(H,15,17)/t9?,10?,11?,12-/m0/s1. The lowest BCUT2D eigenvalue weighted by Gasteiger charge is -2.27. The van der Waals surface area contributed by atoms with Gasteiger partial charge in [-0.1, -0.05) is 26.7 Å². The van der Waals surface area contributed by atoms with Gasteiger partial charge in [0.1, 0.15) is 0 Å². The Kier molecular flexibility index (Phi) is 5.92. The third-order valence-electron chi connectivity index (χ3n) is 3.88. The summed E-state index contributed by atoms with van der Waals surface area (Å²) in [5, 5.41) is 12.5. The summed E-state index contributed by atoms with van der Waals surface area (Å²) < 4.78 is 0. The quantitative estimate of drug-likeness (QED) is 0.674. The minimum Gasteiger partial charge on any atom is -0.393 e. The van der Waals surface area contributed by atoms with Gasteiger partial charge in [0.05, 0.1) is 12.1 Å². The maximum Gasteiger partial charge on any atom is 0.237 e. The highest BCUT2D eigenvalue weighted by Crippen LogP contribution is 2.23. The SMILES string of the molecule is CCC(C)[C@H](N)C(=O)NCC1CCCC(O)C1. The molecule has 0 aromatic heterocycles. The average molecular weight is 242 g/mol. The van der Waals surface area contributed by atoms with E-state index in [1.165, 1.54) is 0 Å². The molecule has 0 aliphatic heterocycles. The fourth-order valence-corrected chi connectivity index (χ4v) is 2.32. The molecule has 100 valence electrons. The molecule has 4 nitrogen and oxygen atoms in total. The molecule has 4 heteroatoms. The van der Waals surface area contributed by atoms with E-state index in [-0.39, 0.29) is 17.9 Å². The molecule has 0 heterocycles. The number of rotatable bonds is 5. The van der Waals surface area contributed by atoms with Crippen molar-refractivity contribution in [1.29, 1.82) is 0 Å². The van der Waals surface area contributed by atoms with Crippen molar-refractivity contribution in [3.8, 4) is 0 Å². The zero-order valence-corrected chi connectivity index (χ0v) is 11.0. The van der Waals surface area contributed by atoms with Crippen molar-refractivity contribution in [2.24, 2.45) is 17.6 Å². The number of hydrogen-bond donors (Lipinski definition) is 3. The summed E-state index contributed by atoms with van der Waals surface area (Å²) in [6, 6.07) is -0.409. The fourth-order valence-electron chi connectivity index (χ4n) is 2.32. The van der Waals surface area contributed by atoms with Crippen LogP contribution in [-0.2, 0) is 4.79 Å². The van der Waals surface area contributed by atoms with Crippen LogP contribution in [0.5, 0.6) is 0 Å². The highest BCUT2D eigenvalue weighted by molar-refractivity contribution is 5.81. The van der Waals surface area contributed by atoms with Crippen molar-refractivity contribution < 1.29 is 9.90 Å². The average Bonchev–Trinajstić information content (AvgIpc) is 2.34. The maximum atomic E-state index is 11.8. The van der Waals surface area contributed by atoms with E-state index < -0.39 is 6.04 Å². The monoisotopic (exact) mass is 242 g/mol. The van der Waals surface area contributed by atoms with E-state index in [0.717, 1.165) is 32.1 Å². The predicted octanol–water partition coefficient (Wildman–Crippen LogP) is 1.03. The van der Waals surface area contributed by atoms with Crippen LogP contribution in [0.4, 0.5) is 0 Å². The summed E-state index contributed by atoms with van der Waals surface area (Å²) in [7, 11) is 0. The van der Waals surface area contributed by atoms with Crippen LogP contribution < -0.4 is 11.1 Å². The first-order valence-corrected chi connectivity index (χ1v) is 6.76. The highest BCUT2D eigenvalue weighted by atomic mass is 16.3. The van der Waals surface area contributed by atoms with Crippen LogP contribution in [0.3, 0.4) is 0 Å². The summed E-state index contributed by atoms with van der Waals surface area (Å²) >= 11 is 0. The molecule has 17 heavy (non-hydrogen) atoms. The van der Waals surface area contributed by atoms with Crippen LogP contribution in [0.1, 0.15) is 46.0 Å². The molecular formula is C13H26N2O2. The molecule has 1 fully saturated rings. The molecule has 1 saturated carbocycles. The molecule has 1 rings (SSSR count). The van der Waals surface area contributed by atoms with Gasteiger partial charge in [0, 0.05) is 6.54 Å². The second kappa shape index (κ2) is 6.97. The third kappa shape index (κ3) is 4.64. The lowest BCUT2D eigenvalue weighted by Crippen LogP contribution is -2.46. The van der Waals surface area contributed by atoms with Gasteiger partial charge in [-0.05, 0) is 31.1 Å². The number of hydrogen-bond acceptors (Lipinski definition) is 3. The second-order valence-corrected chi connectivity index (χ2v) is 5.34. The number of aliphatic hydroxyl groups excluding tert-OH is 1. The summed E-state index contributed by atoms with van der Waals surface area (Å²) in [6.07, 6.45) is 4.58. The number of amides is 1. The largest absolute Gasteiger partial charge is 0.393 e. The molecule has 0 aromatic carbocycles. The number of carbonyl (C=O) groups is 1. The Hall–Kier alpha value is -0.610. The molecule has 0 radical (unpaired) electrons. The third-order valence-corrected chi connectivity index (χ3v) is 3.88. The molecule has 1 aliphatic rings. The Morgan fingerprint density at radius 3 is 2.82 bits per heavy atom. The Balaban J connectivity index is 2.27. The number of carbonyl (C=O) groups excluding carboxylic acids is 1. The van der Waals surface area contributed by atoms with Crippen molar-refractivity contribution in [2.45, 2.75) is 58.1 Å². The van der Waals surface area contributed by atoms with Gasteiger partial charge >= 0.3 is 0 Å². The lowest BCUT2D eigenvalue weighted by molar-refractivity contribution is -0.123. The first-order valence-electron chi connectivity index (χ1n) is 6.76. The fraction of sp³-hybridized carbons (Fsp3) is 0.923. The van der Waals surface area contributed by atoms with Crippen molar-refractivity contribution in [2.75, 3.05) is 6.54 Å². The maximum absolute atomic E-state index is 11.8. The van der Waals surface area contributed by atoms with E-state index in [1.54, 1.807) is 0 Å². The van der Waals surface area contributed by atoms with Gasteiger partial charge in [0.15, 0.2) is 0 Å². The van der Waals surface area contributed by atoms with Crippen LogP contribution in [0.15, 0.2) is 0 Å². The van der Waals surface area contributed by atoms with E-state index in [0.29, 0.717) is 12.5 Å². The molecule has 0 spiro atoms. The highest BCUT2D eigenvalue weighted by Gasteiger charge is 2.23. The smallest absolute Gasteiger partial charge is 0.237 e. The topological polar surface area (TPSA) is 75.4 Å². The van der Waals surface area contributed by atoms with E-state index in [2.05, 4.69) is 5.32 Å². The Morgan fingerprint density at radius 1 is 1.53 bits per heavy atom. The minimum absolute atomic E-state index is 0.0561. The molecule has 4 atom stereocenters. The van der Waals surface area contributed by atoms with Crippen molar-refractivity contribution in [3.05, 3.63) is 0 Å². The second-order valence-electron chi connectivity index (χ2n) is 5.34. The van der Waals surface area contributed by atoms with Gasteiger partial charge in [0.25, 0.3) is 0 Å². The van der Waals surface area contributed by atoms with E-state index >= 15 is 0 Å². The van der Waals surface area contributed by atoms with Gasteiger partial charge in [-0.25, -0.2) is 0 Å².